The fourth-order valence-corrected chi connectivity index (χ4v) is 0.965. The Morgan fingerprint density at radius 3 is 1.38 bits per heavy atom. The molecule has 0 aliphatic rings. The lowest BCUT2D eigenvalue weighted by atomic mass is 10.3. The predicted molar refractivity (Wildman–Crippen MR) is 59.2 cm³/mol. The Bertz CT molecular complexity index is 196. The average Bonchev–Trinajstić information content (AvgIpc) is 2.09. The zero-order valence-electron chi connectivity index (χ0n) is 8.04. The van der Waals surface area contributed by atoms with E-state index < -0.39 is 0 Å². The number of hydrogen-bond donors (Lipinski definition) is 0. The van der Waals surface area contributed by atoms with Gasteiger partial charge in [0.2, 0.25) is 0 Å². The molecule has 0 unspecified atom stereocenters. The predicted octanol–water partition coefficient (Wildman–Crippen LogP) is 2.60. The first-order valence-corrected chi connectivity index (χ1v) is 4.22. The summed E-state index contributed by atoms with van der Waals surface area (Å²) >= 11 is 0. The Balaban J connectivity index is 0.00000144. The molecule has 1 rings (SSSR count). The third kappa shape index (κ3) is 4.08. The van der Waals surface area contributed by atoms with E-state index >= 15 is 0 Å². The number of hydrogen-bond acceptors (Lipinski definition) is 2. The molecule has 0 saturated carbocycles. The van der Waals surface area contributed by atoms with E-state index in [-0.39, 0.29) is 13.5 Å². The van der Waals surface area contributed by atoms with Crippen molar-refractivity contribution >= 4 is 13.5 Å². The first-order valence-electron chi connectivity index (χ1n) is 4.22. The zero-order valence-corrected chi connectivity index (χ0v) is 9.04. The Labute approximate surface area is 86.3 Å². The van der Waals surface area contributed by atoms with Crippen molar-refractivity contribution in [2.24, 2.45) is 0 Å². The molecule has 0 aromatic heterocycles. The van der Waals surface area contributed by atoms with Gasteiger partial charge in [-0.2, -0.15) is 13.5 Å². The van der Waals surface area contributed by atoms with Crippen molar-refractivity contribution in [2.45, 2.75) is 13.8 Å². The third-order valence-corrected chi connectivity index (χ3v) is 1.45. The lowest BCUT2D eigenvalue weighted by molar-refractivity contribution is 0.330. The van der Waals surface area contributed by atoms with Crippen LogP contribution in [0.25, 0.3) is 0 Å². The van der Waals surface area contributed by atoms with Crippen LogP contribution in [0.4, 0.5) is 0 Å². The molecule has 0 saturated heterocycles. The molecule has 0 N–H and O–H groups in total. The maximum atomic E-state index is 5.28. The maximum Gasteiger partial charge on any atom is 0.119 e. The monoisotopic (exact) mass is 200 g/mol. The quantitative estimate of drug-likeness (QED) is 0.743. The van der Waals surface area contributed by atoms with Gasteiger partial charge in [0, 0.05) is 0 Å². The second-order valence-corrected chi connectivity index (χ2v) is 2.34. The summed E-state index contributed by atoms with van der Waals surface area (Å²) in [6.07, 6.45) is 0. The van der Waals surface area contributed by atoms with E-state index in [1.165, 1.54) is 0 Å². The fourth-order valence-electron chi connectivity index (χ4n) is 0.965. The van der Waals surface area contributed by atoms with Crippen LogP contribution in [0.15, 0.2) is 24.3 Å². The van der Waals surface area contributed by atoms with Crippen LogP contribution >= 0.6 is 13.5 Å². The molecule has 13 heavy (non-hydrogen) atoms. The summed E-state index contributed by atoms with van der Waals surface area (Å²) in [6.45, 7) is 5.34. The normalized spacial score (nSPS) is 8.77. The molecular formula is C10H16O2S. The van der Waals surface area contributed by atoms with E-state index in [4.69, 9.17) is 9.47 Å². The topological polar surface area (TPSA) is 18.5 Å². The molecule has 1 aromatic carbocycles. The van der Waals surface area contributed by atoms with Crippen molar-refractivity contribution in [2.75, 3.05) is 13.2 Å². The smallest absolute Gasteiger partial charge is 0.119 e. The SMILES string of the molecule is CCOc1ccc(OCC)cc1.S. The molecule has 0 amide bonds. The van der Waals surface area contributed by atoms with Gasteiger partial charge < -0.3 is 9.47 Å². The van der Waals surface area contributed by atoms with Crippen molar-refractivity contribution in [3.63, 3.8) is 0 Å². The number of rotatable bonds is 4. The first-order chi connectivity index (χ1) is 5.86. The Morgan fingerprint density at radius 2 is 1.15 bits per heavy atom. The maximum absolute atomic E-state index is 5.28. The molecule has 0 aliphatic heterocycles. The highest BCUT2D eigenvalue weighted by Crippen LogP contribution is 2.17. The highest BCUT2D eigenvalue weighted by molar-refractivity contribution is 7.59. The van der Waals surface area contributed by atoms with Crippen LogP contribution in [0, 0.1) is 0 Å². The van der Waals surface area contributed by atoms with Crippen LogP contribution in [0.5, 0.6) is 11.5 Å². The molecule has 3 heteroatoms. The molecule has 0 radical (unpaired) electrons. The van der Waals surface area contributed by atoms with Gasteiger partial charge in [-0.1, -0.05) is 0 Å². The lowest BCUT2D eigenvalue weighted by Gasteiger charge is -2.04. The van der Waals surface area contributed by atoms with Crippen molar-refractivity contribution in [1.82, 2.24) is 0 Å². The molecule has 0 spiro atoms. The van der Waals surface area contributed by atoms with Gasteiger partial charge in [0.05, 0.1) is 13.2 Å². The largest absolute Gasteiger partial charge is 0.494 e. The van der Waals surface area contributed by atoms with Crippen LogP contribution in [0.1, 0.15) is 13.8 Å². The molecule has 0 fully saturated rings. The van der Waals surface area contributed by atoms with E-state index in [0.717, 1.165) is 11.5 Å². The molecule has 0 aliphatic carbocycles. The van der Waals surface area contributed by atoms with Crippen molar-refractivity contribution in [3.05, 3.63) is 24.3 Å². The summed E-state index contributed by atoms with van der Waals surface area (Å²) in [7, 11) is 0. The molecule has 0 atom stereocenters. The van der Waals surface area contributed by atoms with Crippen LogP contribution in [0.2, 0.25) is 0 Å². The van der Waals surface area contributed by atoms with Gasteiger partial charge in [-0.15, -0.1) is 0 Å². The summed E-state index contributed by atoms with van der Waals surface area (Å²) in [5.41, 5.74) is 0. The van der Waals surface area contributed by atoms with Crippen molar-refractivity contribution in [1.29, 1.82) is 0 Å². The van der Waals surface area contributed by atoms with Gasteiger partial charge in [0.15, 0.2) is 0 Å². The van der Waals surface area contributed by atoms with E-state index in [1.807, 2.05) is 38.1 Å². The summed E-state index contributed by atoms with van der Waals surface area (Å²) in [4.78, 5) is 0. The lowest BCUT2D eigenvalue weighted by Crippen LogP contribution is -1.93. The van der Waals surface area contributed by atoms with Crippen LogP contribution in [-0.2, 0) is 0 Å². The first kappa shape index (κ1) is 12.2. The minimum atomic E-state index is 0. The van der Waals surface area contributed by atoms with E-state index in [0.29, 0.717) is 13.2 Å². The van der Waals surface area contributed by atoms with Gasteiger partial charge in [-0.3, -0.25) is 0 Å². The Kier molecular flexibility index (Phi) is 6.24. The third-order valence-electron chi connectivity index (χ3n) is 1.45. The van der Waals surface area contributed by atoms with Crippen LogP contribution in [-0.4, -0.2) is 13.2 Å². The average molecular weight is 200 g/mol. The summed E-state index contributed by atoms with van der Waals surface area (Å²) in [5, 5.41) is 0. The second kappa shape index (κ2) is 6.66. The highest BCUT2D eigenvalue weighted by Gasteiger charge is 1.92. The number of ether oxygens (including phenoxy) is 2. The summed E-state index contributed by atoms with van der Waals surface area (Å²) in [6, 6.07) is 7.64. The van der Waals surface area contributed by atoms with Gasteiger partial charge >= 0.3 is 0 Å². The molecule has 0 bridgehead atoms. The molecule has 2 nitrogen and oxygen atoms in total. The Hall–Kier alpha value is -0.830. The Morgan fingerprint density at radius 1 is 0.846 bits per heavy atom. The van der Waals surface area contributed by atoms with Gasteiger partial charge in [-0.05, 0) is 38.1 Å². The van der Waals surface area contributed by atoms with Crippen molar-refractivity contribution < 1.29 is 9.47 Å². The fraction of sp³-hybridized carbons (Fsp3) is 0.400. The second-order valence-electron chi connectivity index (χ2n) is 2.34. The van der Waals surface area contributed by atoms with Gasteiger partial charge in [0.25, 0.3) is 0 Å². The summed E-state index contributed by atoms with van der Waals surface area (Å²) in [5.74, 6) is 1.78. The van der Waals surface area contributed by atoms with E-state index in [2.05, 4.69) is 0 Å². The minimum absolute atomic E-state index is 0. The highest BCUT2D eigenvalue weighted by atomic mass is 32.1. The molecule has 0 heterocycles. The molecular weight excluding hydrogens is 184 g/mol. The van der Waals surface area contributed by atoms with Crippen molar-refractivity contribution in [3.8, 4) is 11.5 Å². The number of benzene rings is 1. The van der Waals surface area contributed by atoms with Crippen LogP contribution in [0.3, 0.4) is 0 Å². The van der Waals surface area contributed by atoms with Crippen LogP contribution < -0.4 is 9.47 Å². The zero-order chi connectivity index (χ0) is 8.81. The minimum Gasteiger partial charge on any atom is -0.494 e. The molecule has 74 valence electrons. The van der Waals surface area contributed by atoms with E-state index in [9.17, 15) is 0 Å². The summed E-state index contributed by atoms with van der Waals surface area (Å²) < 4.78 is 10.6. The van der Waals surface area contributed by atoms with Gasteiger partial charge in [-0.25, -0.2) is 0 Å². The molecule has 1 aromatic rings. The van der Waals surface area contributed by atoms with E-state index in [1.54, 1.807) is 0 Å². The van der Waals surface area contributed by atoms with Gasteiger partial charge in [0.1, 0.15) is 11.5 Å². The standard InChI is InChI=1S/C10H14O2.H2S/c1-3-11-9-5-7-10(8-6-9)12-4-2;/h5-8H,3-4H2,1-2H3;1H2.